The van der Waals surface area contributed by atoms with Gasteiger partial charge in [-0.15, -0.1) is 0 Å². The Morgan fingerprint density at radius 1 is 1.07 bits per heavy atom. The summed E-state index contributed by atoms with van der Waals surface area (Å²) in [5.74, 6) is -0.547. The first kappa shape index (κ1) is 20.5. The van der Waals surface area contributed by atoms with Crippen molar-refractivity contribution in [2.24, 2.45) is 5.16 Å². The molecule has 1 amide bonds. The fourth-order valence-electron chi connectivity index (χ4n) is 3.37. The Labute approximate surface area is 157 Å². The standard InChI is InChI=1S/C18H18F6N2O2/c19-17(20,21)6-5-15(27)26-9-7-16(8-10-26)11-14(25-28-16)12-1-3-13(4-2-12)18(22,23)24/h1-4H,5-11H2. The molecule has 2 aliphatic rings. The second kappa shape index (κ2) is 7.29. The lowest BCUT2D eigenvalue weighted by Gasteiger charge is -2.37. The van der Waals surface area contributed by atoms with Gasteiger partial charge in [0.15, 0.2) is 0 Å². The minimum absolute atomic E-state index is 0.256. The molecular formula is C18H18F6N2O2. The van der Waals surface area contributed by atoms with Crippen molar-refractivity contribution < 1.29 is 36.0 Å². The highest BCUT2D eigenvalue weighted by molar-refractivity contribution is 6.01. The van der Waals surface area contributed by atoms with Gasteiger partial charge in [0.05, 0.1) is 17.7 Å². The van der Waals surface area contributed by atoms with Crippen LogP contribution in [0.25, 0.3) is 0 Å². The summed E-state index contributed by atoms with van der Waals surface area (Å²) in [5, 5.41) is 4.00. The molecule has 0 unspecified atom stereocenters. The van der Waals surface area contributed by atoms with Crippen molar-refractivity contribution in [3.05, 3.63) is 35.4 Å². The van der Waals surface area contributed by atoms with Gasteiger partial charge in [0.1, 0.15) is 5.60 Å². The molecule has 28 heavy (non-hydrogen) atoms. The van der Waals surface area contributed by atoms with E-state index in [-0.39, 0.29) is 13.1 Å². The number of rotatable bonds is 3. The van der Waals surface area contributed by atoms with Crippen LogP contribution in [0.4, 0.5) is 26.3 Å². The highest BCUT2D eigenvalue weighted by Crippen LogP contribution is 2.37. The van der Waals surface area contributed by atoms with Gasteiger partial charge in [-0.1, -0.05) is 17.3 Å². The van der Waals surface area contributed by atoms with E-state index in [4.69, 9.17) is 4.84 Å². The Morgan fingerprint density at radius 2 is 1.68 bits per heavy atom. The van der Waals surface area contributed by atoms with Gasteiger partial charge in [0.2, 0.25) is 5.91 Å². The van der Waals surface area contributed by atoms with Gasteiger partial charge >= 0.3 is 12.4 Å². The molecule has 0 bridgehead atoms. The summed E-state index contributed by atoms with van der Waals surface area (Å²) < 4.78 is 74.7. The zero-order valence-corrected chi connectivity index (χ0v) is 14.7. The van der Waals surface area contributed by atoms with Gasteiger partial charge in [0, 0.05) is 38.8 Å². The van der Waals surface area contributed by atoms with Crippen LogP contribution in [-0.4, -0.2) is 41.4 Å². The highest BCUT2D eigenvalue weighted by atomic mass is 19.4. The van der Waals surface area contributed by atoms with E-state index in [1.165, 1.54) is 17.0 Å². The van der Waals surface area contributed by atoms with Crippen molar-refractivity contribution in [1.29, 1.82) is 0 Å². The number of amides is 1. The number of likely N-dealkylation sites (tertiary alicyclic amines) is 1. The minimum Gasteiger partial charge on any atom is -0.388 e. The molecule has 4 nitrogen and oxygen atoms in total. The summed E-state index contributed by atoms with van der Waals surface area (Å²) in [4.78, 5) is 18.8. The monoisotopic (exact) mass is 408 g/mol. The van der Waals surface area contributed by atoms with Crippen molar-refractivity contribution in [2.45, 2.75) is 50.1 Å². The molecule has 1 fully saturated rings. The first-order valence-corrected chi connectivity index (χ1v) is 8.75. The van der Waals surface area contributed by atoms with Crippen molar-refractivity contribution in [1.82, 2.24) is 4.90 Å². The van der Waals surface area contributed by atoms with Crippen LogP contribution in [0.2, 0.25) is 0 Å². The first-order valence-electron chi connectivity index (χ1n) is 8.75. The molecule has 1 saturated heterocycles. The first-order chi connectivity index (χ1) is 13.0. The molecule has 0 N–H and O–H groups in total. The van der Waals surface area contributed by atoms with Crippen LogP contribution in [0.3, 0.4) is 0 Å². The lowest BCUT2D eigenvalue weighted by molar-refractivity contribution is -0.152. The van der Waals surface area contributed by atoms with Gasteiger partial charge in [-0.2, -0.15) is 26.3 Å². The average molecular weight is 408 g/mol. The molecule has 3 rings (SSSR count). The Hall–Kier alpha value is -2.26. The van der Waals surface area contributed by atoms with Crippen molar-refractivity contribution in [3.8, 4) is 0 Å². The van der Waals surface area contributed by atoms with E-state index in [0.29, 0.717) is 30.5 Å². The quantitative estimate of drug-likeness (QED) is 0.690. The zero-order valence-electron chi connectivity index (χ0n) is 14.7. The molecule has 0 atom stereocenters. The summed E-state index contributed by atoms with van der Waals surface area (Å²) in [6.07, 6.45) is -9.33. The molecule has 1 spiro atoms. The van der Waals surface area contributed by atoms with Crippen LogP contribution in [0.1, 0.15) is 43.2 Å². The summed E-state index contributed by atoms with van der Waals surface area (Å²) in [6.45, 7) is 0.513. The molecular weight excluding hydrogens is 390 g/mol. The fraction of sp³-hybridized carbons (Fsp3) is 0.556. The topological polar surface area (TPSA) is 41.9 Å². The van der Waals surface area contributed by atoms with Crippen LogP contribution in [0, 0.1) is 0 Å². The Bertz CT molecular complexity index is 747. The smallest absolute Gasteiger partial charge is 0.388 e. The molecule has 0 aromatic heterocycles. The molecule has 1 aromatic rings. The van der Waals surface area contributed by atoms with Crippen LogP contribution in [-0.2, 0) is 15.8 Å². The van der Waals surface area contributed by atoms with E-state index in [0.717, 1.165) is 12.1 Å². The maximum Gasteiger partial charge on any atom is 0.416 e. The summed E-state index contributed by atoms with van der Waals surface area (Å²) in [6, 6.07) is 4.62. The van der Waals surface area contributed by atoms with Gasteiger partial charge in [-0.25, -0.2) is 0 Å². The molecule has 10 heteroatoms. The van der Waals surface area contributed by atoms with Crippen molar-refractivity contribution >= 4 is 11.6 Å². The van der Waals surface area contributed by atoms with Gasteiger partial charge < -0.3 is 9.74 Å². The summed E-state index contributed by atoms with van der Waals surface area (Å²) in [7, 11) is 0. The van der Waals surface area contributed by atoms with E-state index in [9.17, 15) is 31.1 Å². The molecule has 1 aromatic carbocycles. The number of piperidine rings is 1. The van der Waals surface area contributed by atoms with Crippen molar-refractivity contribution in [3.63, 3.8) is 0 Å². The maximum absolute atomic E-state index is 12.7. The molecule has 0 radical (unpaired) electrons. The number of carbonyl (C=O) groups excluding carboxylic acids is 1. The van der Waals surface area contributed by atoms with E-state index in [1.807, 2.05) is 0 Å². The number of alkyl halides is 6. The largest absolute Gasteiger partial charge is 0.416 e. The molecule has 2 aliphatic heterocycles. The van der Waals surface area contributed by atoms with Crippen LogP contribution in [0.15, 0.2) is 29.4 Å². The molecule has 0 aliphatic carbocycles. The lowest BCUT2D eigenvalue weighted by Crippen LogP contribution is -2.47. The highest BCUT2D eigenvalue weighted by Gasteiger charge is 2.43. The second-order valence-corrected chi connectivity index (χ2v) is 7.06. The van der Waals surface area contributed by atoms with E-state index >= 15 is 0 Å². The van der Waals surface area contributed by atoms with Gasteiger partial charge in [0.25, 0.3) is 0 Å². The number of nitrogens with zero attached hydrogens (tertiary/aromatic N) is 2. The van der Waals surface area contributed by atoms with E-state index in [1.54, 1.807) is 0 Å². The predicted octanol–water partition coefficient (Wildman–Crippen LogP) is 4.53. The number of carbonyl (C=O) groups is 1. The maximum atomic E-state index is 12.7. The van der Waals surface area contributed by atoms with Crippen molar-refractivity contribution in [2.75, 3.05) is 13.1 Å². The van der Waals surface area contributed by atoms with Gasteiger partial charge in [-0.3, -0.25) is 4.79 Å². The summed E-state index contributed by atoms with van der Waals surface area (Å²) >= 11 is 0. The number of hydrogen-bond acceptors (Lipinski definition) is 3. The normalized spacial score (nSPS) is 19.5. The number of halogens is 6. The van der Waals surface area contributed by atoms with E-state index < -0.39 is 42.3 Å². The summed E-state index contributed by atoms with van der Waals surface area (Å²) in [5.41, 5.74) is -0.381. The predicted molar refractivity (Wildman–Crippen MR) is 87.5 cm³/mol. The van der Waals surface area contributed by atoms with Crippen LogP contribution >= 0.6 is 0 Å². The Morgan fingerprint density at radius 3 is 2.21 bits per heavy atom. The number of hydrogen-bond donors (Lipinski definition) is 0. The molecule has 0 saturated carbocycles. The molecule has 154 valence electrons. The Balaban J connectivity index is 1.55. The van der Waals surface area contributed by atoms with Gasteiger partial charge in [-0.05, 0) is 17.7 Å². The third-order valence-corrected chi connectivity index (χ3v) is 5.03. The zero-order chi connectivity index (χ0) is 20.6. The third kappa shape index (κ3) is 4.77. The fourth-order valence-corrected chi connectivity index (χ4v) is 3.37. The second-order valence-electron chi connectivity index (χ2n) is 7.06. The lowest BCUT2D eigenvalue weighted by atomic mass is 9.85. The average Bonchev–Trinajstić information content (AvgIpc) is 3.03. The number of benzene rings is 1. The number of oxime groups is 1. The van der Waals surface area contributed by atoms with Crippen LogP contribution in [0.5, 0.6) is 0 Å². The van der Waals surface area contributed by atoms with E-state index in [2.05, 4.69) is 5.16 Å². The Kier molecular flexibility index (Phi) is 5.33. The van der Waals surface area contributed by atoms with Crippen LogP contribution < -0.4 is 0 Å². The SMILES string of the molecule is O=C(CCC(F)(F)F)N1CCC2(CC1)CC(c1ccc(C(F)(F)F)cc1)=NO2. The minimum atomic E-state index is -4.42. The molecule has 2 heterocycles. The third-order valence-electron chi connectivity index (χ3n) is 5.03.